The van der Waals surface area contributed by atoms with Gasteiger partial charge in [0, 0.05) is 18.3 Å². The van der Waals surface area contributed by atoms with E-state index in [4.69, 9.17) is 0 Å². The largest absolute Gasteiger partial charge is 0.298 e. The molecule has 4 nitrogen and oxygen atoms in total. The highest BCUT2D eigenvalue weighted by atomic mass is 16.1. The number of aldehydes is 1. The van der Waals surface area contributed by atoms with Crippen molar-refractivity contribution in [3.8, 4) is 5.82 Å². The Kier molecular flexibility index (Phi) is 2.06. The molecule has 2 heterocycles. The van der Waals surface area contributed by atoms with Gasteiger partial charge in [0.05, 0.1) is 11.3 Å². The van der Waals surface area contributed by atoms with Gasteiger partial charge in [-0.15, -0.1) is 0 Å². The Labute approximate surface area is 92.9 Å². The van der Waals surface area contributed by atoms with Crippen molar-refractivity contribution in [2.75, 3.05) is 0 Å². The van der Waals surface area contributed by atoms with Gasteiger partial charge < -0.3 is 0 Å². The SMILES string of the molecule is O=Cc1cccnc1-n1ccc(C2CC2)n1. The lowest BCUT2D eigenvalue weighted by atomic mass is 10.3. The van der Waals surface area contributed by atoms with Crippen LogP contribution < -0.4 is 0 Å². The smallest absolute Gasteiger partial charge is 0.163 e. The average molecular weight is 213 g/mol. The third kappa shape index (κ3) is 1.52. The van der Waals surface area contributed by atoms with E-state index in [1.54, 1.807) is 23.0 Å². The second-order valence-electron chi connectivity index (χ2n) is 3.99. The molecule has 4 heteroatoms. The molecule has 1 aliphatic rings. The lowest BCUT2D eigenvalue weighted by Gasteiger charge is -2.02. The van der Waals surface area contributed by atoms with Gasteiger partial charge in [0.25, 0.3) is 0 Å². The first-order chi connectivity index (χ1) is 7.88. The molecule has 0 aromatic carbocycles. The fraction of sp³-hybridized carbons (Fsp3) is 0.250. The van der Waals surface area contributed by atoms with Gasteiger partial charge in [0.1, 0.15) is 0 Å². The molecule has 0 radical (unpaired) electrons. The van der Waals surface area contributed by atoms with Crippen LogP contribution in [0.15, 0.2) is 30.6 Å². The number of nitrogens with zero attached hydrogens (tertiary/aromatic N) is 3. The van der Waals surface area contributed by atoms with E-state index >= 15 is 0 Å². The van der Waals surface area contributed by atoms with Gasteiger partial charge in [0.15, 0.2) is 12.1 Å². The molecule has 0 amide bonds. The van der Waals surface area contributed by atoms with Gasteiger partial charge in [-0.3, -0.25) is 4.79 Å². The molecule has 2 aromatic rings. The summed E-state index contributed by atoms with van der Waals surface area (Å²) in [7, 11) is 0. The number of aromatic nitrogens is 3. The van der Waals surface area contributed by atoms with Crippen molar-refractivity contribution in [3.05, 3.63) is 41.9 Å². The zero-order valence-electron chi connectivity index (χ0n) is 8.71. The Balaban J connectivity index is 2.03. The third-order valence-corrected chi connectivity index (χ3v) is 2.77. The molecule has 0 atom stereocenters. The minimum absolute atomic E-state index is 0.563. The molecule has 1 fully saturated rings. The van der Waals surface area contributed by atoms with E-state index in [9.17, 15) is 4.79 Å². The molecule has 0 saturated heterocycles. The molecular weight excluding hydrogens is 202 g/mol. The Bertz CT molecular complexity index is 529. The van der Waals surface area contributed by atoms with Crippen molar-refractivity contribution in [2.45, 2.75) is 18.8 Å². The average Bonchev–Trinajstić information content (AvgIpc) is 3.07. The number of hydrogen-bond donors (Lipinski definition) is 0. The first-order valence-electron chi connectivity index (χ1n) is 5.34. The van der Waals surface area contributed by atoms with Crippen molar-refractivity contribution in [1.82, 2.24) is 14.8 Å². The summed E-state index contributed by atoms with van der Waals surface area (Å²) in [6, 6.07) is 5.49. The highest BCUT2D eigenvalue weighted by molar-refractivity contribution is 5.79. The zero-order valence-corrected chi connectivity index (χ0v) is 8.71. The number of hydrogen-bond acceptors (Lipinski definition) is 3. The highest BCUT2D eigenvalue weighted by Gasteiger charge is 2.26. The molecule has 80 valence electrons. The third-order valence-electron chi connectivity index (χ3n) is 2.77. The summed E-state index contributed by atoms with van der Waals surface area (Å²) in [5.74, 6) is 1.22. The maximum Gasteiger partial charge on any atom is 0.163 e. The number of carbonyl (C=O) groups is 1. The summed E-state index contributed by atoms with van der Waals surface area (Å²) in [6.07, 6.45) is 6.78. The fourth-order valence-electron chi connectivity index (χ4n) is 1.75. The summed E-state index contributed by atoms with van der Waals surface area (Å²) in [5.41, 5.74) is 1.66. The monoisotopic (exact) mass is 213 g/mol. The standard InChI is InChI=1S/C12H11N3O/c16-8-10-2-1-6-13-12(10)15-7-5-11(14-15)9-3-4-9/h1-2,5-9H,3-4H2. The van der Waals surface area contributed by atoms with Crippen LogP contribution in [0.25, 0.3) is 5.82 Å². The molecule has 16 heavy (non-hydrogen) atoms. The van der Waals surface area contributed by atoms with Crippen LogP contribution in [0.4, 0.5) is 0 Å². The molecule has 2 aromatic heterocycles. The van der Waals surface area contributed by atoms with E-state index < -0.39 is 0 Å². The molecular formula is C12H11N3O. The van der Waals surface area contributed by atoms with Crippen LogP contribution in [0.1, 0.15) is 34.8 Å². The fourth-order valence-corrected chi connectivity index (χ4v) is 1.75. The van der Waals surface area contributed by atoms with Gasteiger partial charge in [-0.25, -0.2) is 9.67 Å². The zero-order chi connectivity index (χ0) is 11.0. The topological polar surface area (TPSA) is 47.8 Å². The summed E-state index contributed by atoms with van der Waals surface area (Å²) in [4.78, 5) is 15.1. The van der Waals surface area contributed by atoms with Crippen LogP contribution in [0.5, 0.6) is 0 Å². The van der Waals surface area contributed by atoms with Gasteiger partial charge in [-0.1, -0.05) is 0 Å². The van der Waals surface area contributed by atoms with Crippen molar-refractivity contribution >= 4 is 6.29 Å². The van der Waals surface area contributed by atoms with Crippen LogP contribution in [-0.2, 0) is 0 Å². The Morgan fingerprint density at radius 1 is 1.38 bits per heavy atom. The van der Waals surface area contributed by atoms with Gasteiger partial charge in [-0.2, -0.15) is 5.10 Å². The minimum atomic E-state index is 0.563. The summed E-state index contributed by atoms with van der Waals surface area (Å²) < 4.78 is 1.68. The molecule has 0 bridgehead atoms. The van der Waals surface area contributed by atoms with Crippen molar-refractivity contribution in [1.29, 1.82) is 0 Å². The normalized spacial score (nSPS) is 15.0. The van der Waals surface area contributed by atoms with Crippen LogP contribution in [-0.4, -0.2) is 21.1 Å². The van der Waals surface area contributed by atoms with Crippen molar-refractivity contribution < 1.29 is 4.79 Å². The number of rotatable bonds is 3. The predicted molar refractivity (Wildman–Crippen MR) is 58.7 cm³/mol. The molecule has 0 N–H and O–H groups in total. The maximum atomic E-state index is 10.9. The summed E-state index contributed by atoms with van der Waals surface area (Å²) in [5, 5.41) is 4.45. The summed E-state index contributed by atoms with van der Waals surface area (Å²) >= 11 is 0. The van der Waals surface area contributed by atoms with E-state index in [1.807, 2.05) is 12.3 Å². The lowest BCUT2D eigenvalue weighted by Crippen LogP contribution is -2.02. The van der Waals surface area contributed by atoms with Crippen LogP contribution in [0.3, 0.4) is 0 Å². The lowest BCUT2D eigenvalue weighted by molar-refractivity contribution is 0.112. The van der Waals surface area contributed by atoms with E-state index in [0.717, 1.165) is 12.0 Å². The van der Waals surface area contributed by atoms with E-state index in [1.165, 1.54) is 12.8 Å². The van der Waals surface area contributed by atoms with E-state index in [-0.39, 0.29) is 0 Å². The molecule has 1 saturated carbocycles. The number of carbonyl (C=O) groups excluding carboxylic acids is 1. The van der Waals surface area contributed by atoms with Crippen LogP contribution in [0.2, 0.25) is 0 Å². The second-order valence-corrected chi connectivity index (χ2v) is 3.99. The molecule has 0 unspecified atom stereocenters. The van der Waals surface area contributed by atoms with Gasteiger partial charge >= 0.3 is 0 Å². The quantitative estimate of drug-likeness (QED) is 0.732. The highest BCUT2D eigenvalue weighted by Crippen LogP contribution is 2.38. The first kappa shape index (κ1) is 9.27. The Hall–Kier alpha value is -1.97. The minimum Gasteiger partial charge on any atom is -0.298 e. The predicted octanol–water partition coefficient (Wildman–Crippen LogP) is 1.96. The molecule has 0 spiro atoms. The second kappa shape index (κ2) is 3.56. The number of pyridine rings is 1. The van der Waals surface area contributed by atoms with Crippen LogP contribution >= 0.6 is 0 Å². The Morgan fingerprint density at radius 3 is 3.00 bits per heavy atom. The molecule has 1 aliphatic carbocycles. The maximum absolute atomic E-state index is 10.9. The molecule has 0 aliphatic heterocycles. The van der Waals surface area contributed by atoms with Crippen LogP contribution in [0, 0.1) is 0 Å². The molecule has 3 rings (SSSR count). The van der Waals surface area contributed by atoms with E-state index in [2.05, 4.69) is 10.1 Å². The van der Waals surface area contributed by atoms with Gasteiger partial charge in [-0.05, 0) is 31.0 Å². The Morgan fingerprint density at radius 2 is 2.25 bits per heavy atom. The summed E-state index contributed by atoms with van der Waals surface area (Å²) in [6.45, 7) is 0. The van der Waals surface area contributed by atoms with E-state index in [0.29, 0.717) is 17.3 Å². The van der Waals surface area contributed by atoms with Gasteiger partial charge in [0.2, 0.25) is 0 Å². The van der Waals surface area contributed by atoms with Crippen molar-refractivity contribution in [2.24, 2.45) is 0 Å². The van der Waals surface area contributed by atoms with Crippen molar-refractivity contribution in [3.63, 3.8) is 0 Å². The first-order valence-corrected chi connectivity index (χ1v) is 5.34.